The van der Waals surface area contributed by atoms with E-state index in [9.17, 15) is 5.11 Å². The molecule has 1 fully saturated rings. The average Bonchev–Trinajstić information content (AvgIpc) is 2.10. The van der Waals surface area contributed by atoms with Gasteiger partial charge in [0, 0.05) is 12.5 Å². The van der Waals surface area contributed by atoms with Crippen LogP contribution >= 0.6 is 0 Å². The zero-order chi connectivity index (χ0) is 7.78. The number of rotatable bonds is 1. The summed E-state index contributed by atoms with van der Waals surface area (Å²) in [7, 11) is 1.54. The summed E-state index contributed by atoms with van der Waals surface area (Å²) in [6.07, 6.45) is -0.938. The Hall–Kier alpha value is -0.120. The standard InChI is InChI=1S/C7H14O3/c1-7(2)4-10-6(9-3)5(7)8/h5-6,8H,4H2,1-3H3. The molecule has 0 aromatic carbocycles. The van der Waals surface area contributed by atoms with Crippen molar-refractivity contribution < 1.29 is 14.6 Å². The average molecular weight is 146 g/mol. The molecule has 1 rings (SSSR count). The Labute approximate surface area is 60.9 Å². The summed E-state index contributed by atoms with van der Waals surface area (Å²) in [4.78, 5) is 0. The first kappa shape index (κ1) is 7.98. The van der Waals surface area contributed by atoms with Crippen molar-refractivity contribution in [2.24, 2.45) is 5.41 Å². The van der Waals surface area contributed by atoms with Crippen LogP contribution in [0.4, 0.5) is 0 Å². The molecular weight excluding hydrogens is 132 g/mol. The van der Waals surface area contributed by atoms with Crippen LogP contribution in [0.5, 0.6) is 0 Å². The van der Waals surface area contributed by atoms with Crippen molar-refractivity contribution in [2.45, 2.75) is 26.2 Å². The maximum Gasteiger partial charge on any atom is 0.183 e. The van der Waals surface area contributed by atoms with Crippen molar-refractivity contribution in [1.29, 1.82) is 0 Å². The molecule has 0 saturated carbocycles. The van der Waals surface area contributed by atoms with Gasteiger partial charge in [0.25, 0.3) is 0 Å². The van der Waals surface area contributed by atoms with Crippen LogP contribution in [0.1, 0.15) is 13.8 Å². The lowest BCUT2D eigenvalue weighted by molar-refractivity contribution is -0.134. The molecule has 0 aromatic heterocycles. The third kappa shape index (κ3) is 1.17. The molecule has 1 N–H and O–H groups in total. The van der Waals surface area contributed by atoms with Crippen molar-refractivity contribution in [3.8, 4) is 0 Å². The zero-order valence-electron chi connectivity index (χ0n) is 6.63. The molecule has 1 aliphatic rings. The third-order valence-electron chi connectivity index (χ3n) is 1.91. The van der Waals surface area contributed by atoms with Crippen LogP contribution in [0.25, 0.3) is 0 Å². The van der Waals surface area contributed by atoms with Gasteiger partial charge in [-0.3, -0.25) is 0 Å². The first-order chi connectivity index (χ1) is 4.58. The van der Waals surface area contributed by atoms with Gasteiger partial charge < -0.3 is 14.6 Å². The highest BCUT2D eigenvalue weighted by Crippen LogP contribution is 2.31. The van der Waals surface area contributed by atoms with E-state index in [0.717, 1.165) is 0 Å². The summed E-state index contributed by atoms with van der Waals surface area (Å²) in [5.74, 6) is 0. The highest BCUT2D eigenvalue weighted by molar-refractivity contribution is 4.85. The minimum atomic E-state index is -0.502. The van der Waals surface area contributed by atoms with Crippen LogP contribution in [0.2, 0.25) is 0 Å². The SMILES string of the molecule is COC1OCC(C)(C)C1O. The zero-order valence-corrected chi connectivity index (χ0v) is 6.63. The van der Waals surface area contributed by atoms with Crippen LogP contribution < -0.4 is 0 Å². The molecule has 0 aromatic rings. The summed E-state index contributed by atoms with van der Waals surface area (Å²) in [6, 6.07) is 0. The van der Waals surface area contributed by atoms with E-state index in [0.29, 0.717) is 6.61 Å². The van der Waals surface area contributed by atoms with Gasteiger partial charge in [-0.05, 0) is 0 Å². The first-order valence-electron chi connectivity index (χ1n) is 3.40. The van der Waals surface area contributed by atoms with Crippen LogP contribution in [0, 0.1) is 5.41 Å². The molecule has 2 unspecified atom stereocenters. The summed E-state index contributed by atoms with van der Waals surface area (Å²) in [6.45, 7) is 4.47. The fourth-order valence-electron chi connectivity index (χ4n) is 1.04. The van der Waals surface area contributed by atoms with E-state index in [4.69, 9.17) is 9.47 Å². The Bertz CT molecular complexity index is 122. The molecule has 60 valence electrons. The van der Waals surface area contributed by atoms with Crippen LogP contribution in [0.3, 0.4) is 0 Å². The van der Waals surface area contributed by atoms with Gasteiger partial charge in [0.15, 0.2) is 6.29 Å². The topological polar surface area (TPSA) is 38.7 Å². The van der Waals surface area contributed by atoms with Crippen molar-refractivity contribution in [3.63, 3.8) is 0 Å². The van der Waals surface area contributed by atoms with E-state index in [1.165, 1.54) is 7.11 Å². The molecule has 2 atom stereocenters. The van der Waals surface area contributed by atoms with Crippen LogP contribution in [-0.2, 0) is 9.47 Å². The monoisotopic (exact) mass is 146 g/mol. The quantitative estimate of drug-likeness (QED) is 0.581. The molecule has 10 heavy (non-hydrogen) atoms. The molecule has 0 amide bonds. The second-order valence-corrected chi connectivity index (χ2v) is 3.35. The molecule has 1 saturated heterocycles. The van der Waals surface area contributed by atoms with Crippen molar-refractivity contribution in [2.75, 3.05) is 13.7 Å². The molecule has 0 bridgehead atoms. The predicted molar refractivity (Wildman–Crippen MR) is 36.5 cm³/mol. The molecule has 0 spiro atoms. The van der Waals surface area contributed by atoms with Gasteiger partial charge in [0.05, 0.1) is 6.61 Å². The molecule has 0 aliphatic carbocycles. The fraction of sp³-hybridized carbons (Fsp3) is 1.00. The highest BCUT2D eigenvalue weighted by Gasteiger charge is 2.42. The number of hydrogen-bond acceptors (Lipinski definition) is 3. The normalized spacial score (nSPS) is 38.4. The van der Waals surface area contributed by atoms with Gasteiger partial charge in [-0.15, -0.1) is 0 Å². The molecule has 3 nitrogen and oxygen atoms in total. The van der Waals surface area contributed by atoms with Gasteiger partial charge in [0.2, 0.25) is 0 Å². The molecule has 3 heteroatoms. The van der Waals surface area contributed by atoms with Crippen molar-refractivity contribution >= 4 is 0 Å². The lowest BCUT2D eigenvalue weighted by atomic mass is 9.90. The molecule has 1 heterocycles. The maximum absolute atomic E-state index is 9.47. The van der Waals surface area contributed by atoms with Gasteiger partial charge in [0.1, 0.15) is 6.10 Å². The van der Waals surface area contributed by atoms with E-state index < -0.39 is 12.4 Å². The maximum atomic E-state index is 9.47. The Kier molecular flexibility index (Phi) is 1.99. The number of ether oxygens (including phenoxy) is 2. The van der Waals surface area contributed by atoms with Gasteiger partial charge >= 0.3 is 0 Å². The smallest absolute Gasteiger partial charge is 0.183 e. The number of methoxy groups -OCH3 is 1. The Morgan fingerprint density at radius 1 is 1.60 bits per heavy atom. The number of aliphatic hydroxyl groups is 1. The molecule has 1 aliphatic heterocycles. The first-order valence-corrected chi connectivity index (χ1v) is 3.40. The van der Waals surface area contributed by atoms with E-state index in [1.807, 2.05) is 13.8 Å². The van der Waals surface area contributed by atoms with Gasteiger partial charge in [-0.2, -0.15) is 0 Å². The second kappa shape index (κ2) is 2.49. The lowest BCUT2D eigenvalue weighted by Crippen LogP contribution is -2.33. The Balaban J connectivity index is 2.58. The van der Waals surface area contributed by atoms with E-state index in [-0.39, 0.29) is 5.41 Å². The fourth-order valence-corrected chi connectivity index (χ4v) is 1.04. The van der Waals surface area contributed by atoms with Gasteiger partial charge in [-0.25, -0.2) is 0 Å². The Morgan fingerprint density at radius 2 is 2.20 bits per heavy atom. The second-order valence-electron chi connectivity index (χ2n) is 3.35. The number of hydrogen-bond donors (Lipinski definition) is 1. The number of aliphatic hydroxyl groups excluding tert-OH is 1. The summed E-state index contributed by atoms with van der Waals surface area (Å²) >= 11 is 0. The van der Waals surface area contributed by atoms with Gasteiger partial charge in [-0.1, -0.05) is 13.8 Å². The summed E-state index contributed by atoms with van der Waals surface area (Å²) in [5, 5.41) is 9.47. The van der Waals surface area contributed by atoms with E-state index in [2.05, 4.69) is 0 Å². The van der Waals surface area contributed by atoms with Crippen LogP contribution in [0.15, 0.2) is 0 Å². The van der Waals surface area contributed by atoms with E-state index >= 15 is 0 Å². The van der Waals surface area contributed by atoms with E-state index in [1.54, 1.807) is 0 Å². The largest absolute Gasteiger partial charge is 0.387 e. The summed E-state index contributed by atoms with van der Waals surface area (Å²) < 4.78 is 10.0. The predicted octanol–water partition coefficient (Wildman–Crippen LogP) is 0.376. The molecular formula is C7H14O3. The van der Waals surface area contributed by atoms with Crippen molar-refractivity contribution in [1.82, 2.24) is 0 Å². The lowest BCUT2D eigenvalue weighted by Gasteiger charge is -2.21. The van der Waals surface area contributed by atoms with Crippen molar-refractivity contribution in [3.05, 3.63) is 0 Å². The minimum Gasteiger partial charge on any atom is -0.387 e. The summed E-state index contributed by atoms with van der Waals surface area (Å²) in [5.41, 5.74) is -0.166. The minimum absolute atomic E-state index is 0.166. The molecule has 0 radical (unpaired) electrons. The highest BCUT2D eigenvalue weighted by atomic mass is 16.7. The van der Waals surface area contributed by atoms with Crippen LogP contribution in [-0.4, -0.2) is 31.2 Å². The Morgan fingerprint density at radius 3 is 2.40 bits per heavy atom. The third-order valence-corrected chi connectivity index (χ3v) is 1.91.